The van der Waals surface area contributed by atoms with Crippen molar-refractivity contribution in [3.8, 4) is 17.2 Å². The minimum absolute atomic E-state index is 0.0923. The van der Waals surface area contributed by atoms with E-state index in [0.717, 1.165) is 24.0 Å². The molecule has 1 aliphatic rings. The highest BCUT2D eigenvalue weighted by Crippen LogP contribution is 2.34. The summed E-state index contributed by atoms with van der Waals surface area (Å²) >= 11 is 12.4. The van der Waals surface area contributed by atoms with Gasteiger partial charge in [0.1, 0.15) is 29.6 Å². The predicted molar refractivity (Wildman–Crippen MR) is 150 cm³/mol. The summed E-state index contributed by atoms with van der Waals surface area (Å²) in [7, 11) is 0. The van der Waals surface area contributed by atoms with Crippen molar-refractivity contribution in [2.75, 3.05) is 19.9 Å². The molecule has 1 aromatic heterocycles. The predicted octanol–water partition coefficient (Wildman–Crippen LogP) is 7.16. The second-order valence-electron chi connectivity index (χ2n) is 9.31. The molecular weight excluding hydrogens is 541 g/mol. The van der Waals surface area contributed by atoms with Gasteiger partial charge in [0.15, 0.2) is 0 Å². The van der Waals surface area contributed by atoms with E-state index >= 15 is 0 Å². The highest BCUT2D eigenvalue weighted by atomic mass is 35.5. The van der Waals surface area contributed by atoms with Gasteiger partial charge in [-0.1, -0.05) is 36.2 Å². The molecule has 0 fully saturated rings. The minimum Gasteiger partial charge on any atom is -0.478 e. The minimum atomic E-state index is -0.401. The Bertz CT molecular complexity index is 1580. The summed E-state index contributed by atoms with van der Waals surface area (Å²) in [4.78, 5) is 27.6. The van der Waals surface area contributed by atoms with Crippen LogP contribution in [0.5, 0.6) is 17.2 Å². The third kappa shape index (κ3) is 5.91. The van der Waals surface area contributed by atoms with Gasteiger partial charge in [-0.15, -0.1) is 0 Å². The van der Waals surface area contributed by atoms with Crippen LogP contribution in [0.2, 0.25) is 10.0 Å². The molecule has 2 heterocycles. The molecule has 202 valence electrons. The van der Waals surface area contributed by atoms with Crippen LogP contribution in [0.25, 0.3) is 11.0 Å². The number of rotatable bonds is 8. The third-order valence-electron chi connectivity index (χ3n) is 6.49. The Hall–Kier alpha value is -3.52. The maximum Gasteiger partial charge on any atom is 0.338 e. The van der Waals surface area contributed by atoms with E-state index in [0.29, 0.717) is 70.3 Å². The molecule has 0 radical (unpaired) electrons. The zero-order valence-corrected chi connectivity index (χ0v) is 23.1. The molecule has 39 heavy (non-hydrogen) atoms. The third-order valence-corrected chi connectivity index (χ3v) is 7.07. The van der Waals surface area contributed by atoms with E-state index in [1.807, 2.05) is 19.1 Å². The number of fused-ring (bicyclic) bond motifs is 3. The first-order valence-corrected chi connectivity index (χ1v) is 13.4. The summed E-state index contributed by atoms with van der Waals surface area (Å²) in [6.07, 6.45) is 1.46. The largest absolute Gasteiger partial charge is 0.478 e. The molecule has 0 amide bonds. The Balaban J connectivity index is 1.36. The molecule has 3 aromatic carbocycles. The normalized spacial score (nSPS) is 13.1. The highest BCUT2D eigenvalue weighted by molar-refractivity contribution is 6.35. The fourth-order valence-corrected chi connectivity index (χ4v) is 4.92. The second kappa shape index (κ2) is 11.7. The Morgan fingerprint density at radius 2 is 1.87 bits per heavy atom. The van der Waals surface area contributed by atoms with Gasteiger partial charge >= 0.3 is 5.97 Å². The van der Waals surface area contributed by atoms with Crippen molar-refractivity contribution in [1.29, 1.82) is 0 Å². The van der Waals surface area contributed by atoms with Gasteiger partial charge in [0.05, 0.1) is 23.1 Å². The molecule has 0 spiro atoms. The van der Waals surface area contributed by atoms with Crippen LogP contribution < -0.4 is 14.9 Å². The fraction of sp³-hybridized carbons (Fsp3) is 0.267. The number of esters is 1. The van der Waals surface area contributed by atoms with Gasteiger partial charge in [-0.05, 0) is 73.9 Å². The first-order valence-electron chi connectivity index (χ1n) is 12.7. The van der Waals surface area contributed by atoms with Crippen LogP contribution in [-0.2, 0) is 17.7 Å². The van der Waals surface area contributed by atoms with Gasteiger partial charge in [0, 0.05) is 23.1 Å². The molecular formula is C30H27Cl2NO6. The van der Waals surface area contributed by atoms with E-state index in [2.05, 4.69) is 4.90 Å². The zero-order chi connectivity index (χ0) is 27.5. The molecule has 1 aliphatic heterocycles. The Morgan fingerprint density at radius 3 is 2.62 bits per heavy atom. The fourth-order valence-electron chi connectivity index (χ4n) is 4.42. The maximum atomic E-state index is 13.5. The molecule has 0 unspecified atom stereocenters. The van der Waals surface area contributed by atoms with Crippen LogP contribution >= 0.6 is 23.2 Å². The first-order chi connectivity index (χ1) is 18.8. The van der Waals surface area contributed by atoms with Gasteiger partial charge < -0.3 is 18.6 Å². The van der Waals surface area contributed by atoms with E-state index in [1.54, 1.807) is 49.4 Å². The summed E-state index contributed by atoms with van der Waals surface area (Å²) < 4.78 is 23.2. The lowest BCUT2D eigenvalue weighted by Crippen LogP contribution is -2.33. The Morgan fingerprint density at radius 1 is 1.08 bits per heavy atom. The second-order valence-corrected chi connectivity index (χ2v) is 10.2. The van der Waals surface area contributed by atoms with E-state index < -0.39 is 5.97 Å². The molecule has 0 saturated heterocycles. The average Bonchev–Trinajstić information content (AvgIpc) is 2.93. The van der Waals surface area contributed by atoms with Gasteiger partial charge in [0.25, 0.3) is 0 Å². The number of nitrogens with zero attached hydrogens (tertiary/aromatic N) is 1. The van der Waals surface area contributed by atoms with Gasteiger partial charge in [0.2, 0.25) is 11.2 Å². The lowest BCUT2D eigenvalue weighted by Gasteiger charge is -2.29. The number of aryl methyl sites for hydroxylation is 1. The van der Waals surface area contributed by atoms with E-state index in [1.165, 1.54) is 0 Å². The first kappa shape index (κ1) is 27.1. The van der Waals surface area contributed by atoms with Gasteiger partial charge in [-0.3, -0.25) is 9.69 Å². The molecule has 0 aliphatic carbocycles. The molecule has 0 bridgehead atoms. The number of ether oxygens (including phenoxy) is 3. The topological polar surface area (TPSA) is 78.2 Å². The smallest absolute Gasteiger partial charge is 0.338 e. The number of halogens is 2. The van der Waals surface area contributed by atoms with Crippen LogP contribution in [0.1, 0.15) is 40.6 Å². The summed E-state index contributed by atoms with van der Waals surface area (Å²) in [5.74, 6) is 1.13. The lowest BCUT2D eigenvalue weighted by molar-refractivity contribution is 0.0505. The maximum absolute atomic E-state index is 13.5. The number of benzene rings is 3. The van der Waals surface area contributed by atoms with E-state index in [4.69, 9.17) is 41.8 Å². The van der Waals surface area contributed by atoms with E-state index in [9.17, 15) is 9.59 Å². The molecule has 0 atom stereocenters. The molecule has 9 heteroatoms. The van der Waals surface area contributed by atoms with Crippen molar-refractivity contribution in [2.45, 2.75) is 33.2 Å². The number of hydrogen-bond acceptors (Lipinski definition) is 7. The number of carbonyl (C=O) groups is 1. The van der Waals surface area contributed by atoms with Crippen molar-refractivity contribution in [3.63, 3.8) is 0 Å². The molecule has 7 nitrogen and oxygen atoms in total. The van der Waals surface area contributed by atoms with Crippen LogP contribution in [-0.4, -0.2) is 30.8 Å². The van der Waals surface area contributed by atoms with Crippen molar-refractivity contribution >= 4 is 40.1 Å². The standard InChI is InChI=1S/C30H27Cl2NO6/c1-3-14-36-30(35)20-5-8-22(9-6-20)39-28-18(2)38-29-23(27(28)34)10-11-26-24(29)16-33(17-37-26)13-12-19-4-7-21(31)15-25(19)32/h4-11,15H,3,12-14,16-17H2,1-2H3. The van der Waals surface area contributed by atoms with Crippen LogP contribution in [0.4, 0.5) is 0 Å². The van der Waals surface area contributed by atoms with E-state index in [-0.39, 0.29) is 11.2 Å². The number of hydrogen-bond donors (Lipinski definition) is 0. The zero-order valence-electron chi connectivity index (χ0n) is 21.6. The quantitative estimate of drug-likeness (QED) is 0.209. The molecule has 4 aromatic rings. The molecule has 5 rings (SSSR count). The van der Waals surface area contributed by atoms with Crippen LogP contribution in [0.3, 0.4) is 0 Å². The highest BCUT2D eigenvalue weighted by Gasteiger charge is 2.24. The van der Waals surface area contributed by atoms with Crippen LogP contribution in [0, 0.1) is 6.92 Å². The van der Waals surface area contributed by atoms with Crippen molar-refractivity contribution in [2.24, 2.45) is 0 Å². The summed E-state index contributed by atoms with van der Waals surface area (Å²) in [6.45, 7) is 5.64. The average molecular weight is 568 g/mol. The van der Waals surface area contributed by atoms with Crippen LogP contribution in [0.15, 0.2) is 63.8 Å². The van der Waals surface area contributed by atoms with Gasteiger partial charge in [-0.2, -0.15) is 0 Å². The Kier molecular flexibility index (Phi) is 8.12. The summed E-state index contributed by atoms with van der Waals surface area (Å²) in [6, 6.07) is 15.4. The summed E-state index contributed by atoms with van der Waals surface area (Å²) in [5.41, 5.74) is 2.41. The monoisotopic (exact) mass is 567 g/mol. The molecule has 0 N–H and O–H groups in total. The van der Waals surface area contributed by atoms with Crippen molar-refractivity contribution in [3.05, 3.63) is 97.3 Å². The number of carbonyl (C=O) groups excluding carboxylic acids is 1. The van der Waals surface area contributed by atoms with Gasteiger partial charge in [-0.25, -0.2) is 4.79 Å². The van der Waals surface area contributed by atoms with Crippen molar-refractivity contribution in [1.82, 2.24) is 4.90 Å². The summed E-state index contributed by atoms with van der Waals surface area (Å²) in [5, 5.41) is 1.63. The Labute approximate surface area is 235 Å². The SMILES string of the molecule is CCCOC(=O)c1ccc(Oc2c(C)oc3c4c(ccc3c2=O)OCN(CCc2ccc(Cl)cc2Cl)C4)cc1. The molecule has 0 saturated carbocycles. The van der Waals surface area contributed by atoms with Crippen molar-refractivity contribution < 1.29 is 23.4 Å². The lowest BCUT2D eigenvalue weighted by atomic mass is 10.1.